The number of carbonyl (C=O) groups is 1. The second-order valence-corrected chi connectivity index (χ2v) is 6.47. The lowest BCUT2D eigenvalue weighted by Crippen LogP contribution is -2.48. The molecule has 3 unspecified atom stereocenters. The van der Waals surface area contributed by atoms with Crippen LogP contribution in [-0.4, -0.2) is 46.9 Å². The van der Waals surface area contributed by atoms with E-state index < -0.39 is 6.29 Å². The van der Waals surface area contributed by atoms with Gasteiger partial charge in [0.2, 0.25) is 0 Å². The highest BCUT2D eigenvalue weighted by Gasteiger charge is 2.33. The third kappa shape index (κ3) is 4.09. The molecule has 1 aliphatic heterocycles. The molecular formula is C18H28N2O3. The van der Waals surface area contributed by atoms with E-state index in [1.165, 1.54) is 7.11 Å². The zero-order valence-electron chi connectivity index (χ0n) is 14.6. The van der Waals surface area contributed by atoms with E-state index in [4.69, 9.17) is 4.74 Å². The van der Waals surface area contributed by atoms with E-state index in [1.54, 1.807) is 0 Å². The normalized spacial score (nSPS) is 22.9. The highest BCUT2D eigenvalue weighted by Crippen LogP contribution is 2.27. The molecule has 3 atom stereocenters. The summed E-state index contributed by atoms with van der Waals surface area (Å²) in [7, 11) is 1.50. The molecule has 0 spiro atoms. The molecule has 23 heavy (non-hydrogen) atoms. The van der Waals surface area contributed by atoms with Crippen molar-refractivity contribution < 1.29 is 14.6 Å². The van der Waals surface area contributed by atoms with Crippen molar-refractivity contribution in [2.45, 2.75) is 58.8 Å². The first-order valence-electron chi connectivity index (χ1n) is 8.46. The molecule has 1 saturated heterocycles. The van der Waals surface area contributed by atoms with E-state index in [0.29, 0.717) is 12.1 Å². The van der Waals surface area contributed by atoms with E-state index in [9.17, 15) is 9.90 Å². The Labute approximate surface area is 138 Å². The maximum atomic E-state index is 13.0. The lowest BCUT2D eigenvalue weighted by Gasteiger charge is -2.39. The Morgan fingerprint density at radius 3 is 2.87 bits per heavy atom. The van der Waals surface area contributed by atoms with Crippen molar-refractivity contribution in [3.8, 4) is 0 Å². The number of aryl methyl sites for hydroxylation is 2. The molecule has 128 valence electrons. The fourth-order valence-electron chi connectivity index (χ4n) is 3.23. The number of amides is 1. The van der Waals surface area contributed by atoms with Crippen molar-refractivity contribution in [1.82, 2.24) is 9.88 Å². The summed E-state index contributed by atoms with van der Waals surface area (Å²) >= 11 is 0. The van der Waals surface area contributed by atoms with Crippen LogP contribution in [0.15, 0.2) is 12.1 Å². The van der Waals surface area contributed by atoms with Crippen LogP contribution >= 0.6 is 0 Å². The minimum atomic E-state index is -0.816. The second kappa shape index (κ2) is 7.88. The summed E-state index contributed by atoms with van der Waals surface area (Å²) in [6.45, 7) is 6.62. The Bertz CT molecular complexity index is 547. The molecule has 0 saturated carbocycles. The Hall–Kier alpha value is -1.46. The highest BCUT2D eigenvalue weighted by molar-refractivity contribution is 5.95. The number of aliphatic hydroxyl groups is 1. The fraction of sp³-hybridized carbons (Fsp3) is 0.667. The average molecular weight is 320 g/mol. The molecule has 1 aromatic heterocycles. The van der Waals surface area contributed by atoms with E-state index >= 15 is 0 Å². The SMILES string of the molecule is CCCc1nc(C)ccc1C(=O)N1CC(C(O)OC)CCC1C. The average Bonchev–Trinajstić information content (AvgIpc) is 2.54. The number of ether oxygens (including phenoxy) is 1. The minimum Gasteiger partial charge on any atom is -0.368 e. The summed E-state index contributed by atoms with van der Waals surface area (Å²) in [6.07, 6.45) is 2.68. The maximum Gasteiger partial charge on any atom is 0.255 e. The van der Waals surface area contributed by atoms with Gasteiger partial charge in [-0.3, -0.25) is 9.78 Å². The largest absolute Gasteiger partial charge is 0.368 e. The van der Waals surface area contributed by atoms with Gasteiger partial charge in [-0.1, -0.05) is 13.3 Å². The van der Waals surface area contributed by atoms with Crippen molar-refractivity contribution in [1.29, 1.82) is 0 Å². The number of nitrogens with zero attached hydrogens (tertiary/aromatic N) is 2. The first kappa shape index (κ1) is 17.9. The van der Waals surface area contributed by atoms with Crippen LogP contribution in [-0.2, 0) is 11.2 Å². The van der Waals surface area contributed by atoms with Crippen LogP contribution in [0.1, 0.15) is 54.9 Å². The zero-order chi connectivity index (χ0) is 17.0. The first-order valence-corrected chi connectivity index (χ1v) is 8.46. The van der Waals surface area contributed by atoms with Crippen molar-refractivity contribution >= 4 is 5.91 Å². The van der Waals surface area contributed by atoms with Crippen molar-refractivity contribution in [2.75, 3.05) is 13.7 Å². The van der Waals surface area contributed by atoms with Crippen LogP contribution in [0.5, 0.6) is 0 Å². The van der Waals surface area contributed by atoms with Gasteiger partial charge in [-0.25, -0.2) is 0 Å². The Balaban J connectivity index is 2.24. The lowest BCUT2D eigenvalue weighted by molar-refractivity contribution is -0.126. The van der Waals surface area contributed by atoms with Crippen molar-refractivity contribution in [3.63, 3.8) is 0 Å². The van der Waals surface area contributed by atoms with Crippen molar-refractivity contribution in [2.24, 2.45) is 5.92 Å². The molecule has 1 aromatic rings. The molecule has 1 amide bonds. The molecule has 5 nitrogen and oxygen atoms in total. The molecule has 1 aliphatic rings. The summed E-state index contributed by atoms with van der Waals surface area (Å²) < 4.78 is 5.04. The summed E-state index contributed by atoms with van der Waals surface area (Å²) in [6, 6.07) is 3.94. The summed E-state index contributed by atoms with van der Waals surface area (Å²) in [4.78, 5) is 19.5. The first-order chi connectivity index (χ1) is 11.0. The predicted molar refractivity (Wildman–Crippen MR) is 89.2 cm³/mol. The number of pyridine rings is 1. The van der Waals surface area contributed by atoms with Crippen LogP contribution in [0.3, 0.4) is 0 Å². The Morgan fingerprint density at radius 2 is 2.22 bits per heavy atom. The fourth-order valence-corrected chi connectivity index (χ4v) is 3.23. The lowest BCUT2D eigenvalue weighted by atomic mass is 9.92. The Kier molecular flexibility index (Phi) is 6.13. The molecule has 0 radical (unpaired) electrons. The number of rotatable bonds is 5. The van der Waals surface area contributed by atoms with E-state index in [1.807, 2.05) is 24.0 Å². The number of hydrogen-bond donors (Lipinski definition) is 1. The van der Waals surface area contributed by atoms with Gasteiger partial charge in [-0.05, 0) is 45.2 Å². The number of likely N-dealkylation sites (tertiary alicyclic amines) is 1. The smallest absolute Gasteiger partial charge is 0.255 e. The zero-order valence-corrected chi connectivity index (χ0v) is 14.6. The van der Waals surface area contributed by atoms with Crippen LogP contribution in [0, 0.1) is 12.8 Å². The van der Waals surface area contributed by atoms with Crippen LogP contribution < -0.4 is 0 Å². The van der Waals surface area contributed by atoms with Gasteiger partial charge >= 0.3 is 0 Å². The number of aliphatic hydroxyl groups excluding tert-OH is 1. The van der Waals surface area contributed by atoms with E-state index in [0.717, 1.165) is 37.1 Å². The molecule has 2 rings (SSSR count). The van der Waals surface area contributed by atoms with Gasteiger partial charge in [-0.15, -0.1) is 0 Å². The molecule has 1 fully saturated rings. The summed E-state index contributed by atoms with van der Waals surface area (Å²) in [5, 5.41) is 9.94. The van der Waals surface area contributed by atoms with Gasteiger partial charge in [0.1, 0.15) is 0 Å². The van der Waals surface area contributed by atoms with Crippen LogP contribution in [0.4, 0.5) is 0 Å². The number of hydrogen-bond acceptors (Lipinski definition) is 4. The number of piperidine rings is 1. The second-order valence-electron chi connectivity index (χ2n) is 6.47. The monoisotopic (exact) mass is 320 g/mol. The molecule has 0 aliphatic carbocycles. The molecule has 1 N–H and O–H groups in total. The van der Waals surface area contributed by atoms with E-state index in [2.05, 4.69) is 18.8 Å². The van der Waals surface area contributed by atoms with E-state index in [-0.39, 0.29) is 17.9 Å². The number of methoxy groups -OCH3 is 1. The van der Waals surface area contributed by atoms with Crippen LogP contribution in [0.2, 0.25) is 0 Å². The van der Waals surface area contributed by atoms with Gasteiger partial charge < -0.3 is 14.7 Å². The summed E-state index contributed by atoms with van der Waals surface area (Å²) in [5.41, 5.74) is 2.50. The van der Waals surface area contributed by atoms with Gasteiger partial charge in [0.25, 0.3) is 5.91 Å². The van der Waals surface area contributed by atoms with Gasteiger partial charge in [0.05, 0.1) is 11.3 Å². The molecule has 5 heteroatoms. The Morgan fingerprint density at radius 1 is 1.48 bits per heavy atom. The maximum absolute atomic E-state index is 13.0. The topological polar surface area (TPSA) is 62.7 Å². The van der Waals surface area contributed by atoms with Gasteiger partial charge in [0, 0.05) is 31.3 Å². The van der Waals surface area contributed by atoms with Crippen molar-refractivity contribution in [3.05, 3.63) is 29.1 Å². The highest BCUT2D eigenvalue weighted by atomic mass is 16.6. The summed E-state index contributed by atoms with van der Waals surface area (Å²) in [5.74, 6) is -0.0189. The quantitative estimate of drug-likeness (QED) is 0.847. The van der Waals surface area contributed by atoms with Gasteiger partial charge in [-0.2, -0.15) is 0 Å². The standard InChI is InChI=1S/C18H28N2O3/c1-5-6-16-15(10-7-12(2)19-16)17(21)20-11-14(18(22)23-4)9-8-13(20)3/h7,10,13-14,18,22H,5-6,8-9,11H2,1-4H3. The van der Waals surface area contributed by atoms with Gasteiger partial charge in [0.15, 0.2) is 6.29 Å². The third-order valence-electron chi connectivity index (χ3n) is 4.65. The molecule has 0 aromatic carbocycles. The number of aromatic nitrogens is 1. The number of carbonyl (C=O) groups excluding carboxylic acids is 1. The minimum absolute atomic E-state index is 0.0152. The van der Waals surface area contributed by atoms with Crippen LogP contribution in [0.25, 0.3) is 0 Å². The molecular weight excluding hydrogens is 292 g/mol. The third-order valence-corrected chi connectivity index (χ3v) is 4.65. The molecule has 0 bridgehead atoms. The predicted octanol–water partition coefficient (Wildman–Crippen LogP) is 2.55. The molecule has 2 heterocycles.